The molecular formula is C16H23BrFNO2. The van der Waals surface area contributed by atoms with E-state index in [-0.39, 0.29) is 11.2 Å². The van der Waals surface area contributed by atoms with Crippen LogP contribution in [-0.4, -0.2) is 40.0 Å². The zero-order chi connectivity index (χ0) is 15.1. The molecule has 0 aliphatic carbocycles. The van der Waals surface area contributed by atoms with Gasteiger partial charge < -0.3 is 14.8 Å². The number of rotatable bonds is 7. The van der Waals surface area contributed by atoms with Gasteiger partial charge in [0.15, 0.2) is 0 Å². The van der Waals surface area contributed by atoms with E-state index in [1.54, 1.807) is 13.2 Å². The van der Waals surface area contributed by atoms with Crippen molar-refractivity contribution in [3.8, 4) is 0 Å². The third kappa shape index (κ3) is 4.74. The third-order valence-corrected chi connectivity index (χ3v) is 4.87. The van der Waals surface area contributed by atoms with E-state index in [1.807, 2.05) is 6.07 Å². The Morgan fingerprint density at radius 2 is 2.33 bits per heavy atom. The van der Waals surface area contributed by atoms with Crippen molar-refractivity contribution in [3.63, 3.8) is 0 Å². The molecule has 1 aromatic carbocycles. The van der Waals surface area contributed by atoms with Gasteiger partial charge in [-0.2, -0.15) is 0 Å². The van der Waals surface area contributed by atoms with Crippen LogP contribution in [0.1, 0.15) is 18.4 Å². The van der Waals surface area contributed by atoms with Gasteiger partial charge in [0.05, 0.1) is 17.7 Å². The summed E-state index contributed by atoms with van der Waals surface area (Å²) in [6.07, 6.45) is 2.96. The van der Waals surface area contributed by atoms with E-state index >= 15 is 0 Å². The summed E-state index contributed by atoms with van der Waals surface area (Å²) in [6.45, 7) is 3.92. The highest BCUT2D eigenvalue weighted by Gasteiger charge is 2.33. The Hall–Kier alpha value is -0.490. The average Bonchev–Trinajstić information content (AvgIpc) is 2.50. The molecule has 2 rings (SSSR count). The van der Waals surface area contributed by atoms with Crippen LogP contribution in [0.5, 0.6) is 0 Å². The van der Waals surface area contributed by atoms with Gasteiger partial charge in [-0.1, -0.05) is 12.1 Å². The fourth-order valence-electron chi connectivity index (χ4n) is 2.87. The van der Waals surface area contributed by atoms with E-state index in [9.17, 15) is 4.39 Å². The second-order valence-electron chi connectivity index (χ2n) is 5.72. The molecule has 0 aromatic heterocycles. The molecule has 0 radical (unpaired) electrons. The molecule has 1 fully saturated rings. The van der Waals surface area contributed by atoms with Crippen LogP contribution in [0.15, 0.2) is 22.7 Å². The summed E-state index contributed by atoms with van der Waals surface area (Å²) in [6, 6.07) is 5.23. The lowest BCUT2D eigenvalue weighted by Gasteiger charge is -2.37. The maximum absolute atomic E-state index is 13.7. The molecule has 1 aliphatic heterocycles. The van der Waals surface area contributed by atoms with Crippen molar-refractivity contribution in [1.29, 1.82) is 0 Å². The smallest absolute Gasteiger partial charge is 0.137 e. The van der Waals surface area contributed by atoms with Crippen LogP contribution in [0.25, 0.3) is 0 Å². The van der Waals surface area contributed by atoms with Gasteiger partial charge in [-0.05, 0) is 46.8 Å². The first-order valence-electron chi connectivity index (χ1n) is 7.37. The van der Waals surface area contributed by atoms with Gasteiger partial charge in [-0.3, -0.25) is 0 Å². The molecule has 0 spiro atoms. The van der Waals surface area contributed by atoms with E-state index < -0.39 is 0 Å². The number of methoxy groups -OCH3 is 1. The van der Waals surface area contributed by atoms with Crippen molar-refractivity contribution in [2.24, 2.45) is 5.41 Å². The van der Waals surface area contributed by atoms with E-state index in [0.717, 1.165) is 51.1 Å². The maximum atomic E-state index is 13.7. The van der Waals surface area contributed by atoms with Gasteiger partial charge in [0.25, 0.3) is 0 Å². The Morgan fingerprint density at radius 1 is 1.48 bits per heavy atom. The van der Waals surface area contributed by atoms with Crippen LogP contribution in [0.3, 0.4) is 0 Å². The van der Waals surface area contributed by atoms with Crippen LogP contribution in [0.4, 0.5) is 4.39 Å². The van der Waals surface area contributed by atoms with Crippen molar-refractivity contribution in [1.82, 2.24) is 5.32 Å². The number of ether oxygens (including phenoxy) is 2. The van der Waals surface area contributed by atoms with E-state index in [4.69, 9.17) is 9.47 Å². The second kappa shape index (κ2) is 8.22. The molecule has 0 saturated carbocycles. The Labute approximate surface area is 134 Å². The van der Waals surface area contributed by atoms with E-state index in [1.165, 1.54) is 6.07 Å². The first-order chi connectivity index (χ1) is 10.2. The van der Waals surface area contributed by atoms with Crippen LogP contribution < -0.4 is 5.32 Å². The molecule has 21 heavy (non-hydrogen) atoms. The average molecular weight is 360 g/mol. The largest absolute Gasteiger partial charge is 0.383 e. The topological polar surface area (TPSA) is 30.5 Å². The summed E-state index contributed by atoms with van der Waals surface area (Å²) in [5.74, 6) is -0.202. The SMILES string of the molecule is COCCNCC1(Cc2cccc(F)c2Br)CCCOC1. The molecule has 3 nitrogen and oxygen atoms in total. The normalized spacial score (nSPS) is 22.4. The summed E-state index contributed by atoms with van der Waals surface area (Å²) in [7, 11) is 1.70. The zero-order valence-electron chi connectivity index (χ0n) is 12.5. The molecule has 5 heteroatoms. The zero-order valence-corrected chi connectivity index (χ0v) is 14.0. The van der Waals surface area contributed by atoms with Gasteiger partial charge >= 0.3 is 0 Å². The minimum atomic E-state index is -0.202. The van der Waals surface area contributed by atoms with Crippen molar-refractivity contribution in [3.05, 3.63) is 34.1 Å². The molecule has 0 bridgehead atoms. The molecule has 1 unspecified atom stereocenters. The Balaban J connectivity index is 2.06. The standard InChI is InChI=1S/C16H23BrFNO2/c1-20-9-7-19-11-16(6-3-8-21-12-16)10-13-4-2-5-14(18)15(13)17/h2,4-5,19H,3,6-12H2,1H3. The predicted molar refractivity (Wildman–Crippen MR) is 85.0 cm³/mol. The lowest BCUT2D eigenvalue weighted by molar-refractivity contribution is -0.00781. The number of benzene rings is 1. The fourth-order valence-corrected chi connectivity index (χ4v) is 3.27. The number of halogens is 2. The van der Waals surface area contributed by atoms with Crippen molar-refractivity contribution in [2.45, 2.75) is 19.3 Å². The van der Waals surface area contributed by atoms with Crippen molar-refractivity contribution in [2.75, 3.05) is 40.0 Å². The predicted octanol–water partition coefficient (Wildman–Crippen LogP) is 3.16. The van der Waals surface area contributed by atoms with E-state index in [0.29, 0.717) is 11.1 Å². The highest BCUT2D eigenvalue weighted by atomic mass is 79.9. The van der Waals surface area contributed by atoms with Crippen LogP contribution in [0.2, 0.25) is 0 Å². The molecule has 1 saturated heterocycles. The lowest BCUT2D eigenvalue weighted by atomic mass is 9.77. The summed E-state index contributed by atoms with van der Waals surface area (Å²) in [5, 5.41) is 3.44. The fraction of sp³-hybridized carbons (Fsp3) is 0.625. The molecule has 1 aliphatic rings. The Kier molecular flexibility index (Phi) is 6.61. The molecule has 1 heterocycles. The maximum Gasteiger partial charge on any atom is 0.137 e. The monoisotopic (exact) mass is 359 g/mol. The van der Waals surface area contributed by atoms with Crippen LogP contribution in [0, 0.1) is 11.2 Å². The van der Waals surface area contributed by atoms with Crippen molar-refractivity contribution < 1.29 is 13.9 Å². The van der Waals surface area contributed by atoms with Crippen LogP contribution >= 0.6 is 15.9 Å². The molecule has 0 amide bonds. The van der Waals surface area contributed by atoms with Crippen LogP contribution in [-0.2, 0) is 15.9 Å². The summed E-state index contributed by atoms with van der Waals surface area (Å²) in [4.78, 5) is 0. The van der Waals surface area contributed by atoms with Gasteiger partial charge in [0, 0.05) is 32.2 Å². The molecule has 1 aromatic rings. The van der Waals surface area contributed by atoms with Gasteiger partial charge in [0.1, 0.15) is 5.82 Å². The minimum Gasteiger partial charge on any atom is -0.383 e. The number of hydrogen-bond acceptors (Lipinski definition) is 3. The second-order valence-corrected chi connectivity index (χ2v) is 6.51. The number of nitrogens with one attached hydrogen (secondary N) is 1. The quantitative estimate of drug-likeness (QED) is 0.758. The molecular weight excluding hydrogens is 337 g/mol. The van der Waals surface area contributed by atoms with Gasteiger partial charge in [-0.15, -0.1) is 0 Å². The lowest BCUT2D eigenvalue weighted by Crippen LogP contribution is -2.43. The summed E-state index contributed by atoms with van der Waals surface area (Å²) in [5.41, 5.74) is 1.04. The molecule has 118 valence electrons. The summed E-state index contributed by atoms with van der Waals surface area (Å²) < 4.78 is 25.0. The van der Waals surface area contributed by atoms with E-state index in [2.05, 4.69) is 21.2 Å². The highest BCUT2D eigenvalue weighted by molar-refractivity contribution is 9.10. The number of hydrogen-bond donors (Lipinski definition) is 1. The third-order valence-electron chi connectivity index (χ3n) is 3.98. The van der Waals surface area contributed by atoms with Gasteiger partial charge in [0.2, 0.25) is 0 Å². The Bertz CT molecular complexity index is 450. The highest BCUT2D eigenvalue weighted by Crippen LogP contribution is 2.34. The first-order valence-corrected chi connectivity index (χ1v) is 8.16. The van der Waals surface area contributed by atoms with Gasteiger partial charge in [-0.25, -0.2) is 4.39 Å². The molecule has 1 atom stereocenters. The first kappa shape index (κ1) is 16.9. The Morgan fingerprint density at radius 3 is 3.05 bits per heavy atom. The summed E-state index contributed by atoms with van der Waals surface area (Å²) >= 11 is 3.37. The molecule has 1 N–H and O–H groups in total. The minimum absolute atomic E-state index is 0.0301. The van der Waals surface area contributed by atoms with Crippen molar-refractivity contribution >= 4 is 15.9 Å².